The highest BCUT2D eigenvalue weighted by atomic mass is 32.1. The van der Waals surface area contributed by atoms with E-state index in [4.69, 9.17) is 4.52 Å². The van der Waals surface area contributed by atoms with Gasteiger partial charge in [0.1, 0.15) is 12.0 Å². The molecule has 2 aliphatic rings. The van der Waals surface area contributed by atoms with Gasteiger partial charge in [-0.3, -0.25) is 9.59 Å². The number of aliphatic hydroxyl groups is 1. The lowest BCUT2D eigenvalue weighted by Gasteiger charge is -2.29. The number of hydrogen-bond acceptors (Lipinski definition) is 9. The van der Waals surface area contributed by atoms with Crippen molar-refractivity contribution in [1.82, 2.24) is 25.7 Å². The standard InChI is InChI=1S/C29H38N6O4S/c1-19(17-36)26(24-16-25(33-39-24)34-14-11-30-12-15-34)29(38)35-13-3-4-23(35)28(37)31-10-9-21-5-7-22(8-6-21)27-20(2)32-18-40-27/h5-8,16,18-19,23,26,30,36H,3-4,9-15,17H2,1-2H3,(H,31,37)/t19?,23?,26-/m0/s1. The molecule has 0 bridgehead atoms. The summed E-state index contributed by atoms with van der Waals surface area (Å²) >= 11 is 1.63. The number of aliphatic hydroxyl groups excluding tert-OH is 1. The van der Waals surface area contributed by atoms with Crippen LogP contribution in [0.4, 0.5) is 5.82 Å². The molecular weight excluding hydrogens is 528 g/mol. The molecule has 11 heteroatoms. The molecule has 2 saturated heterocycles. The summed E-state index contributed by atoms with van der Waals surface area (Å²) in [5, 5.41) is 20.5. The van der Waals surface area contributed by atoms with Gasteiger partial charge in [0.05, 0.1) is 16.1 Å². The summed E-state index contributed by atoms with van der Waals surface area (Å²) in [6.07, 6.45) is 2.07. The van der Waals surface area contributed by atoms with Gasteiger partial charge in [0, 0.05) is 51.9 Å². The number of piperazine rings is 1. The molecule has 4 heterocycles. The van der Waals surface area contributed by atoms with Gasteiger partial charge in [0.15, 0.2) is 11.6 Å². The average Bonchev–Trinajstić information content (AvgIpc) is 3.75. The average molecular weight is 567 g/mol. The van der Waals surface area contributed by atoms with E-state index in [1.807, 2.05) is 25.4 Å². The van der Waals surface area contributed by atoms with Crippen molar-refractivity contribution in [3.63, 3.8) is 0 Å². The van der Waals surface area contributed by atoms with E-state index in [1.54, 1.807) is 16.2 Å². The van der Waals surface area contributed by atoms with Crippen LogP contribution in [-0.4, -0.2) is 83.9 Å². The van der Waals surface area contributed by atoms with Crippen LogP contribution in [-0.2, 0) is 16.0 Å². The number of carbonyl (C=O) groups is 2. The van der Waals surface area contributed by atoms with Crippen molar-refractivity contribution in [2.75, 3.05) is 50.8 Å². The molecule has 10 nitrogen and oxygen atoms in total. The van der Waals surface area contributed by atoms with Crippen molar-refractivity contribution in [3.8, 4) is 10.4 Å². The predicted molar refractivity (Wildman–Crippen MR) is 154 cm³/mol. The number of carbonyl (C=O) groups excluding carboxylic acids is 2. The maximum atomic E-state index is 13.8. The van der Waals surface area contributed by atoms with Crippen LogP contribution in [0.5, 0.6) is 0 Å². The summed E-state index contributed by atoms with van der Waals surface area (Å²) in [6, 6.07) is 9.63. The molecule has 3 atom stereocenters. The van der Waals surface area contributed by atoms with Crippen LogP contribution in [0.3, 0.4) is 0 Å². The van der Waals surface area contributed by atoms with Crippen LogP contribution in [0.2, 0.25) is 0 Å². The van der Waals surface area contributed by atoms with Gasteiger partial charge >= 0.3 is 0 Å². The normalized spacial score (nSPS) is 19.0. The largest absolute Gasteiger partial charge is 0.396 e. The monoisotopic (exact) mass is 566 g/mol. The molecule has 0 aliphatic carbocycles. The summed E-state index contributed by atoms with van der Waals surface area (Å²) in [4.78, 5) is 36.3. The number of rotatable bonds is 10. The Labute approximate surface area is 238 Å². The molecule has 0 radical (unpaired) electrons. The molecule has 40 heavy (non-hydrogen) atoms. The number of nitrogens with zero attached hydrogens (tertiary/aromatic N) is 4. The van der Waals surface area contributed by atoms with Crippen molar-refractivity contribution in [1.29, 1.82) is 0 Å². The van der Waals surface area contributed by atoms with Crippen LogP contribution in [0.25, 0.3) is 10.4 Å². The van der Waals surface area contributed by atoms with Crippen LogP contribution in [0.1, 0.15) is 42.7 Å². The smallest absolute Gasteiger partial charge is 0.242 e. The summed E-state index contributed by atoms with van der Waals surface area (Å²) in [5.74, 6) is -0.289. The number of hydrogen-bond donors (Lipinski definition) is 3. The lowest BCUT2D eigenvalue weighted by atomic mass is 9.90. The van der Waals surface area contributed by atoms with Crippen molar-refractivity contribution in [2.45, 2.75) is 45.1 Å². The zero-order chi connectivity index (χ0) is 28.1. The predicted octanol–water partition coefficient (Wildman–Crippen LogP) is 2.58. The highest BCUT2D eigenvalue weighted by Gasteiger charge is 2.41. The summed E-state index contributed by atoms with van der Waals surface area (Å²) in [5.41, 5.74) is 5.16. The second-order valence-electron chi connectivity index (χ2n) is 10.7. The van der Waals surface area contributed by atoms with Gasteiger partial charge in [-0.05, 0) is 43.2 Å². The molecule has 0 spiro atoms. The minimum atomic E-state index is -0.705. The summed E-state index contributed by atoms with van der Waals surface area (Å²) in [6.45, 7) is 7.99. The number of thiazole rings is 1. The van der Waals surface area contributed by atoms with Gasteiger partial charge in [-0.2, -0.15) is 0 Å². The van der Waals surface area contributed by atoms with Crippen molar-refractivity contribution in [3.05, 3.63) is 52.9 Å². The third-order valence-electron chi connectivity index (χ3n) is 7.90. The number of anilines is 1. The van der Waals surface area contributed by atoms with Gasteiger partial charge in [-0.25, -0.2) is 4.98 Å². The Morgan fingerprint density at radius 1 is 1.23 bits per heavy atom. The third kappa shape index (κ3) is 6.21. The minimum absolute atomic E-state index is 0.141. The maximum Gasteiger partial charge on any atom is 0.242 e. The second-order valence-corrected chi connectivity index (χ2v) is 11.5. The van der Waals surface area contributed by atoms with Gasteiger partial charge in [0.25, 0.3) is 0 Å². The first-order chi connectivity index (χ1) is 19.5. The van der Waals surface area contributed by atoms with E-state index < -0.39 is 12.0 Å². The van der Waals surface area contributed by atoms with Crippen LogP contribution in [0, 0.1) is 12.8 Å². The molecule has 2 amide bonds. The zero-order valence-corrected chi connectivity index (χ0v) is 24.0. The minimum Gasteiger partial charge on any atom is -0.396 e. The first-order valence-corrected chi connectivity index (χ1v) is 14.9. The van der Waals surface area contributed by atoms with Gasteiger partial charge < -0.3 is 30.1 Å². The third-order valence-corrected chi connectivity index (χ3v) is 8.88. The SMILES string of the molecule is Cc1ncsc1-c1ccc(CCNC(=O)C2CCCN2C(=O)[C@H](c2cc(N3CCNCC3)no2)C(C)CO)cc1. The molecule has 3 N–H and O–H groups in total. The Hall–Kier alpha value is -3.28. The van der Waals surface area contributed by atoms with Crippen molar-refractivity contribution >= 4 is 29.0 Å². The molecule has 2 aliphatic heterocycles. The van der Waals surface area contributed by atoms with Gasteiger partial charge in [-0.1, -0.05) is 36.3 Å². The van der Waals surface area contributed by atoms with E-state index in [0.29, 0.717) is 37.5 Å². The van der Waals surface area contributed by atoms with E-state index in [0.717, 1.165) is 49.4 Å². The molecule has 1 aromatic carbocycles. The number of benzene rings is 1. The highest BCUT2D eigenvalue weighted by Crippen LogP contribution is 2.33. The van der Waals surface area contributed by atoms with Crippen LogP contribution < -0.4 is 15.5 Å². The maximum absolute atomic E-state index is 13.8. The molecule has 214 valence electrons. The Bertz CT molecular complexity index is 1290. The zero-order valence-electron chi connectivity index (χ0n) is 23.1. The van der Waals surface area contributed by atoms with E-state index in [-0.39, 0.29) is 24.3 Å². The summed E-state index contributed by atoms with van der Waals surface area (Å²) in [7, 11) is 0. The topological polar surface area (TPSA) is 124 Å². The lowest BCUT2D eigenvalue weighted by molar-refractivity contribution is -0.141. The fraction of sp³-hybridized carbons (Fsp3) is 0.517. The quantitative estimate of drug-likeness (QED) is 0.342. The fourth-order valence-electron chi connectivity index (χ4n) is 5.55. The van der Waals surface area contributed by atoms with Gasteiger partial charge in [-0.15, -0.1) is 11.3 Å². The van der Waals surface area contributed by atoms with Crippen LogP contribution >= 0.6 is 11.3 Å². The van der Waals surface area contributed by atoms with E-state index in [1.165, 1.54) is 4.88 Å². The first kappa shape index (κ1) is 28.3. The molecule has 2 unspecified atom stereocenters. The van der Waals surface area contributed by atoms with Crippen LogP contribution in [0.15, 0.2) is 40.4 Å². The van der Waals surface area contributed by atoms with E-state index in [9.17, 15) is 14.7 Å². The fourth-order valence-corrected chi connectivity index (χ4v) is 6.36. The van der Waals surface area contributed by atoms with Crippen molar-refractivity contribution in [2.24, 2.45) is 5.92 Å². The number of nitrogens with one attached hydrogen (secondary N) is 2. The number of aryl methyl sites for hydroxylation is 1. The molecule has 3 aromatic rings. The Balaban J connectivity index is 1.20. The Morgan fingerprint density at radius 2 is 2.00 bits per heavy atom. The Kier molecular flexibility index (Phi) is 9.13. The lowest BCUT2D eigenvalue weighted by Crippen LogP contribution is -2.48. The van der Waals surface area contributed by atoms with E-state index >= 15 is 0 Å². The number of likely N-dealkylation sites (tertiary alicyclic amines) is 1. The molecule has 2 aromatic heterocycles. The Morgan fingerprint density at radius 3 is 2.70 bits per heavy atom. The molecular formula is C29H38N6O4S. The number of aromatic nitrogens is 2. The second kappa shape index (κ2) is 12.9. The van der Waals surface area contributed by atoms with E-state index in [2.05, 4.69) is 49.9 Å². The van der Waals surface area contributed by atoms with Crippen molar-refractivity contribution < 1.29 is 19.2 Å². The summed E-state index contributed by atoms with van der Waals surface area (Å²) < 4.78 is 5.66. The molecule has 2 fully saturated rings. The number of amides is 2. The first-order valence-electron chi connectivity index (χ1n) is 14.1. The molecule has 5 rings (SSSR count). The highest BCUT2D eigenvalue weighted by molar-refractivity contribution is 7.13. The molecule has 0 saturated carbocycles. The van der Waals surface area contributed by atoms with Gasteiger partial charge in [0.2, 0.25) is 11.8 Å².